The van der Waals surface area contributed by atoms with E-state index in [4.69, 9.17) is 0 Å². The molecule has 1 atom stereocenters. The van der Waals surface area contributed by atoms with E-state index in [-0.39, 0.29) is 5.41 Å². The van der Waals surface area contributed by atoms with Gasteiger partial charge in [0, 0.05) is 24.9 Å². The summed E-state index contributed by atoms with van der Waals surface area (Å²) in [5, 5.41) is 12.9. The van der Waals surface area contributed by atoms with E-state index in [0.717, 1.165) is 19.4 Å². The van der Waals surface area contributed by atoms with Crippen LogP contribution < -0.4 is 10.4 Å². The van der Waals surface area contributed by atoms with Crippen molar-refractivity contribution in [3.63, 3.8) is 0 Å². The van der Waals surface area contributed by atoms with Crippen molar-refractivity contribution in [2.24, 2.45) is 5.41 Å². The van der Waals surface area contributed by atoms with Gasteiger partial charge in [0.15, 0.2) is 0 Å². The fourth-order valence-corrected chi connectivity index (χ4v) is 2.88. The number of aliphatic hydroxyl groups is 1. The SMILES string of the molecule is CN(Cc1cccc2c1=CCCC=2)CC(O)CC#CC(C)(C)C. The third kappa shape index (κ3) is 5.86. The molecular formula is C21H29NO. The first kappa shape index (κ1) is 17.8. The van der Waals surface area contributed by atoms with Crippen LogP contribution in [0.3, 0.4) is 0 Å². The van der Waals surface area contributed by atoms with Gasteiger partial charge in [-0.1, -0.05) is 36.3 Å². The lowest BCUT2D eigenvalue weighted by Gasteiger charge is -2.20. The predicted octanol–water partition coefficient (Wildman–Crippen LogP) is 2.27. The van der Waals surface area contributed by atoms with Gasteiger partial charge >= 0.3 is 0 Å². The Hall–Kier alpha value is -1.56. The van der Waals surface area contributed by atoms with E-state index in [2.05, 4.69) is 74.9 Å². The molecule has 0 amide bonds. The second-order valence-electron chi connectivity index (χ2n) is 7.51. The van der Waals surface area contributed by atoms with Crippen LogP contribution in [0.2, 0.25) is 0 Å². The second-order valence-corrected chi connectivity index (χ2v) is 7.51. The molecule has 2 heteroatoms. The number of likely N-dealkylation sites (N-methyl/N-ethyl adjacent to an activating group) is 1. The van der Waals surface area contributed by atoms with Crippen LogP contribution in [-0.4, -0.2) is 29.7 Å². The number of benzene rings is 1. The Morgan fingerprint density at radius 2 is 1.96 bits per heavy atom. The summed E-state index contributed by atoms with van der Waals surface area (Å²) >= 11 is 0. The third-order valence-corrected chi connectivity index (χ3v) is 3.87. The lowest BCUT2D eigenvalue weighted by molar-refractivity contribution is 0.127. The molecule has 2 rings (SSSR count). The zero-order valence-corrected chi connectivity index (χ0v) is 14.9. The Bertz CT molecular complexity index is 700. The molecule has 0 saturated carbocycles. The Labute approximate surface area is 140 Å². The summed E-state index contributed by atoms with van der Waals surface area (Å²) in [7, 11) is 2.06. The van der Waals surface area contributed by atoms with Gasteiger partial charge in [-0.15, -0.1) is 5.92 Å². The Kier molecular flexibility index (Phi) is 6.04. The van der Waals surface area contributed by atoms with E-state index >= 15 is 0 Å². The summed E-state index contributed by atoms with van der Waals surface area (Å²) in [6, 6.07) is 6.51. The van der Waals surface area contributed by atoms with Gasteiger partial charge in [0.1, 0.15) is 0 Å². The van der Waals surface area contributed by atoms with E-state index in [0.29, 0.717) is 13.0 Å². The van der Waals surface area contributed by atoms with Gasteiger partial charge in [-0.05, 0) is 56.7 Å². The Morgan fingerprint density at radius 3 is 2.70 bits per heavy atom. The number of aliphatic hydroxyl groups excluding tert-OH is 1. The molecule has 0 saturated heterocycles. The summed E-state index contributed by atoms with van der Waals surface area (Å²) in [5.74, 6) is 6.29. The van der Waals surface area contributed by atoms with Gasteiger partial charge in [-0.3, -0.25) is 4.90 Å². The average molecular weight is 311 g/mol. The third-order valence-electron chi connectivity index (χ3n) is 3.87. The maximum atomic E-state index is 10.2. The summed E-state index contributed by atoms with van der Waals surface area (Å²) in [5.41, 5.74) is 1.34. The molecule has 0 radical (unpaired) electrons. The molecule has 1 N–H and O–H groups in total. The highest BCUT2D eigenvalue weighted by Gasteiger charge is 2.10. The van der Waals surface area contributed by atoms with Crippen LogP contribution in [0.5, 0.6) is 0 Å². The van der Waals surface area contributed by atoms with Gasteiger partial charge in [0.2, 0.25) is 0 Å². The van der Waals surface area contributed by atoms with Crippen LogP contribution in [0, 0.1) is 17.3 Å². The minimum absolute atomic E-state index is 0.00105. The lowest BCUT2D eigenvalue weighted by atomic mass is 9.97. The molecule has 23 heavy (non-hydrogen) atoms. The van der Waals surface area contributed by atoms with E-state index in [1.807, 2.05) is 0 Å². The molecule has 0 bridgehead atoms. The van der Waals surface area contributed by atoms with Crippen LogP contribution in [0.25, 0.3) is 12.2 Å². The first-order chi connectivity index (χ1) is 10.8. The molecule has 1 aliphatic carbocycles. The summed E-state index contributed by atoms with van der Waals surface area (Å²) in [6.07, 6.45) is 7.05. The first-order valence-corrected chi connectivity index (χ1v) is 8.50. The van der Waals surface area contributed by atoms with E-state index in [1.165, 1.54) is 16.0 Å². The highest BCUT2D eigenvalue weighted by atomic mass is 16.3. The standard InChI is InChI=1S/C21H29NO/c1-21(2,3)14-8-12-19(23)16-22(4)15-18-11-7-10-17-9-5-6-13-20(17)18/h7,9-11,13,19,23H,5-6,12,15-16H2,1-4H3. The zero-order chi connectivity index (χ0) is 16.9. The van der Waals surface area contributed by atoms with Crippen LogP contribution in [-0.2, 0) is 6.54 Å². The monoisotopic (exact) mass is 311 g/mol. The Balaban J connectivity index is 1.95. The van der Waals surface area contributed by atoms with Crippen LogP contribution in [0.1, 0.15) is 45.6 Å². The first-order valence-electron chi connectivity index (χ1n) is 8.50. The predicted molar refractivity (Wildman–Crippen MR) is 98.0 cm³/mol. The maximum Gasteiger partial charge on any atom is 0.0776 e. The van der Waals surface area contributed by atoms with Crippen molar-refractivity contribution in [2.75, 3.05) is 13.6 Å². The van der Waals surface area contributed by atoms with E-state index in [1.54, 1.807) is 0 Å². The zero-order valence-electron chi connectivity index (χ0n) is 14.9. The van der Waals surface area contributed by atoms with Crippen molar-refractivity contribution >= 4 is 12.2 Å². The quantitative estimate of drug-likeness (QED) is 0.843. The summed E-state index contributed by atoms with van der Waals surface area (Å²) in [6.45, 7) is 7.77. The minimum Gasteiger partial charge on any atom is -0.391 e. The number of rotatable bonds is 5. The molecule has 0 aliphatic heterocycles. The van der Waals surface area contributed by atoms with Crippen molar-refractivity contribution in [2.45, 2.75) is 52.7 Å². The lowest BCUT2D eigenvalue weighted by Crippen LogP contribution is -2.35. The van der Waals surface area contributed by atoms with Gasteiger partial charge in [-0.2, -0.15) is 0 Å². The highest BCUT2D eigenvalue weighted by molar-refractivity contribution is 5.41. The van der Waals surface area contributed by atoms with Gasteiger partial charge < -0.3 is 5.11 Å². The van der Waals surface area contributed by atoms with Crippen molar-refractivity contribution < 1.29 is 5.11 Å². The number of hydrogen-bond acceptors (Lipinski definition) is 2. The molecule has 0 aromatic heterocycles. The fraction of sp³-hybridized carbons (Fsp3) is 0.524. The van der Waals surface area contributed by atoms with Gasteiger partial charge in [0.25, 0.3) is 0 Å². The molecule has 0 heterocycles. The number of hydrogen-bond donors (Lipinski definition) is 1. The second kappa shape index (κ2) is 7.81. The molecule has 0 fully saturated rings. The van der Waals surface area contributed by atoms with Gasteiger partial charge in [0.05, 0.1) is 6.10 Å². The molecule has 1 aromatic rings. The molecule has 124 valence electrons. The fourth-order valence-electron chi connectivity index (χ4n) is 2.88. The maximum absolute atomic E-state index is 10.2. The topological polar surface area (TPSA) is 23.5 Å². The van der Waals surface area contributed by atoms with Crippen molar-refractivity contribution in [3.8, 4) is 11.8 Å². The molecular weight excluding hydrogens is 282 g/mol. The Morgan fingerprint density at radius 1 is 1.22 bits per heavy atom. The van der Waals surface area contributed by atoms with Crippen molar-refractivity contribution in [3.05, 3.63) is 34.2 Å². The molecule has 1 aliphatic rings. The average Bonchev–Trinajstić information content (AvgIpc) is 2.46. The summed E-state index contributed by atoms with van der Waals surface area (Å²) in [4.78, 5) is 2.18. The van der Waals surface area contributed by atoms with Crippen molar-refractivity contribution in [1.29, 1.82) is 0 Å². The smallest absolute Gasteiger partial charge is 0.0776 e. The minimum atomic E-state index is -0.398. The number of nitrogens with zero attached hydrogens (tertiary/aromatic N) is 1. The van der Waals surface area contributed by atoms with E-state index < -0.39 is 6.10 Å². The van der Waals surface area contributed by atoms with E-state index in [9.17, 15) is 5.11 Å². The highest BCUT2D eigenvalue weighted by Crippen LogP contribution is 2.10. The molecule has 1 aromatic carbocycles. The van der Waals surface area contributed by atoms with Crippen LogP contribution >= 0.6 is 0 Å². The van der Waals surface area contributed by atoms with Gasteiger partial charge in [-0.25, -0.2) is 0 Å². The van der Waals surface area contributed by atoms with Crippen LogP contribution in [0.15, 0.2) is 18.2 Å². The molecule has 0 spiro atoms. The molecule has 1 unspecified atom stereocenters. The van der Waals surface area contributed by atoms with Crippen molar-refractivity contribution in [1.82, 2.24) is 4.90 Å². The molecule has 2 nitrogen and oxygen atoms in total. The normalized spacial score (nSPS) is 15.0. The van der Waals surface area contributed by atoms with Crippen LogP contribution in [0.4, 0.5) is 0 Å². The summed E-state index contributed by atoms with van der Waals surface area (Å²) < 4.78 is 0. The number of fused-ring (bicyclic) bond motifs is 1. The largest absolute Gasteiger partial charge is 0.391 e.